The molecule has 0 spiro atoms. The monoisotopic (exact) mass is 262 g/mol. The quantitative estimate of drug-likeness (QED) is 0.659. The summed E-state index contributed by atoms with van der Waals surface area (Å²) in [6, 6.07) is 6.03. The Morgan fingerprint density at radius 2 is 2.26 bits per heavy atom. The minimum atomic E-state index is -0.460. The normalized spacial score (nSPS) is 10.7. The second-order valence-corrected chi connectivity index (χ2v) is 4.34. The largest absolute Gasteiger partial charge is 0.485 e. The first-order valence-electron chi connectivity index (χ1n) is 5.84. The zero-order chi connectivity index (χ0) is 13.8. The summed E-state index contributed by atoms with van der Waals surface area (Å²) < 4.78 is 5.44. The summed E-state index contributed by atoms with van der Waals surface area (Å²) in [5.41, 5.74) is -0.00191. The smallest absolute Gasteiger partial charge is 0.273 e. The van der Waals surface area contributed by atoms with Crippen molar-refractivity contribution >= 4 is 5.69 Å². The molecule has 0 fully saturated rings. The lowest BCUT2D eigenvalue weighted by atomic mass is 10.2. The van der Waals surface area contributed by atoms with E-state index in [1.165, 1.54) is 12.1 Å². The topological polar surface area (TPSA) is 93.9 Å². The third-order valence-electron chi connectivity index (χ3n) is 2.47. The SMILES string of the molecule is CC(C)c1n[nH]c(COc2cccc([N+](=O)[O-])c2)n1. The number of hydrogen-bond acceptors (Lipinski definition) is 5. The molecule has 1 N–H and O–H groups in total. The van der Waals surface area contributed by atoms with Gasteiger partial charge in [0.15, 0.2) is 11.6 Å². The predicted molar refractivity (Wildman–Crippen MR) is 67.9 cm³/mol. The van der Waals surface area contributed by atoms with Crippen LogP contribution in [0, 0.1) is 10.1 Å². The summed E-state index contributed by atoms with van der Waals surface area (Å²) in [7, 11) is 0. The molecule has 0 saturated heterocycles. The molecular formula is C12H14N4O3. The average Bonchev–Trinajstić information content (AvgIpc) is 2.85. The lowest BCUT2D eigenvalue weighted by molar-refractivity contribution is -0.384. The Hall–Kier alpha value is -2.44. The number of nitro benzene ring substituents is 1. The molecule has 7 nitrogen and oxygen atoms in total. The maximum Gasteiger partial charge on any atom is 0.273 e. The molecule has 0 aliphatic carbocycles. The second-order valence-electron chi connectivity index (χ2n) is 4.34. The van der Waals surface area contributed by atoms with Crippen LogP contribution in [0.5, 0.6) is 5.75 Å². The fourth-order valence-electron chi connectivity index (χ4n) is 1.47. The number of nitro groups is 1. The highest BCUT2D eigenvalue weighted by atomic mass is 16.6. The average molecular weight is 262 g/mol. The molecule has 1 aromatic heterocycles. The standard InChI is InChI=1S/C12H14N4O3/c1-8(2)12-13-11(14-15-12)7-19-10-5-3-4-9(6-10)16(17)18/h3-6,8H,7H2,1-2H3,(H,13,14,15). The molecule has 0 saturated carbocycles. The molecule has 2 rings (SSSR count). The van der Waals surface area contributed by atoms with Crippen molar-refractivity contribution in [1.82, 2.24) is 15.2 Å². The molecule has 7 heteroatoms. The molecule has 19 heavy (non-hydrogen) atoms. The van der Waals surface area contributed by atoms with Crippen molar-refractivity contribution in [2.24, 2.45) is 0 Å². The van der Waals surface area contributed by atoms with Gasteiger partial charge in [-0.2, -0.15) is 5.10 Å². The van der Waals surface area contributed by atoms with Crippen LogP contribution in [0.1, 0.15) is 31.4 Å². The number of aromatic amines is 1. The van der Waals surface area contributed by atoms with Crippen molar-refractivity contribution in [2.45, 2.75) is 26.4 Å². The lowest BCUT2D eigenvalue weighted by Gasteiger charge is -2.03. The number of hydrogen-bond donors (Lipinski definition) is 1. The Bertz CT molecular complexity index is 580. The van der Waals surface area contributed by atoms with Crippen molar-refractivity contribution in [2.75, 3.05) is 0 Å². The van der Waals surface area contributed by atoms with Crippen LogP contribution < -0.4 is 4.74 Å². The number of non-ortho nitro benzene ring substituents is 1. The fourth-order valence-corrected chi connectivity index (χ4v) is 1.47. The molecule has 0 amide bonds. The van der Waals surface area contributed by atoms with Crippen LogP contribution in [0.2, 0.25) is 0 Å². The van der Waals surface area contributed by atoms with Gasteiger partial charge in [0.2, 0.25) is 0 Å². The van der Waals surface area contributed by atoms with Crippen LogP contribution in [0.3, 0.4) is 0 Å². The predicted octanol–water partition coefficient (Wildman–Crippen LogP) is 2.42. The zero-order valence-corrected chi connectivity index (χ0v) is 10.7. The highest BCUT2D eigenvalue weighted by Gasteiger charge is 2.09. The van der Waals surface area contributed by atoms with Gasteiger partial charge >= 0.3 is 0 Å². The van der Waals surface area contributed by atoms with Gasteiger partial charge in [-0.15, -0.1) is 0 Å². The van der Waals surface area contributed by atoms with Crippen molar-refractivity contribution in [3.05, 3.63) is 46.0 Å². The number of nitrogens with one attached hydrogen (secondary N) is 1. The summed E-state index contributed by atoms with van der Waals surface area (Å²) in [6.07, 6.45) is 0. The molecule has 1 aromatic carbocycles. The third-order valence-corrected chi connectivity index (χ3v) is 2.47. The van der Waals surface area contributed by atoms with E-state index in [2.05, 4.69) is 15.2 Å². The number of benzene rings is 1. The van der Waals surface area contributed by atoms with Gasteiger partial charge in [-0.25, -0.2) is 4.98 Å². The summed E-state index contributed by atoms with van der Waals surface area (Å²) in [5, 5.41) is 17.5. The molecule has 0 bridgehead atoms. The molecule has 0 aliphatic rings. The molecule has 0 aliphatic heterocycles. The van der Waals surface area contributed by atoms with E-state index in [1.807, 2.05) is 13.8 Å². The van der Waals surface area contributed by atoms with Gasteiger partial charge < -0.3 is 4.74 Å². The summed E-state index contributed by atoms with van der Waals surface area (Å²) in [5.74, 6) is 1.98. The van der Waals surface area contributed by atoms with E-state index >= 15 is 0 Å². The Kier molecular flexibility index (Phi) is 3.74. The minimum absolute atomic E-state index is 0.00191. The molecule has 0 radical (unpaired) electrons. The third kappa shape index (κ3) is 3.27. The number of rotatable bonds is 5. The van der Waals surface area contributed by atoms with Crippen LogP contribution in [0.15, 0.2) is 24.3 Å². The number of aromatic nitrogens is 3. The summed E-state index contributed by atoms with van der Waals surface area (Å²) in [6.45, 7) is 4.18. The van der Waals surface area contributed by atoms with E-state index in [4.69, 9.17) is 4.74 Å². The molecular weight excluding hydrogens is 248 g/mol. The van der Waals surface area contributed by atoms with E-state index < -0.39 is 4.92 Å². The number of H-pyrrole nitrogens is 1. The van der Waals surface area contributed by atoms with Gasteiger partial charge in [0.05, 0.1) is 11.0 Å². The Morgan fingerprint density at radius 1 is 1.47 bits per heavy atom. The number of ether oxygens (including phenoxy) is 1. The van der Waals surface area contributed by atoms with E-state index in [1.54, 1.807) is 12.1 Å². The maximum atomic E-state index is 10.6. The van der Waals surface area contributed by atoms with E-state index in [0.717, 1.165) is 5.82 Å². The van der Waals surface area contributed by atoms with Crippen LogP contribution >= 0.6 is 0 Å². The Balaban J connectivity index is 2.01. The summed E-state index contributed by atoms with van der Waals surface area (Å²) >= 11 is 0. The summed E-state index contributed by atoms with van der Waals surface area (Å²) in [4.78, 5) is 14.4. The van der Waals surface area contributed by atoms with Gasteiger partial charge in [-0.1, -0.05) is 19.9 Å². The van der Waals surface area contributed by atoms with E-state index in [0.29, 0.717) is 11.6 Å². The Morgan fingerprint density at radius 3 is 2.89 bits per heavy atom. The van der Waals surface area contributed by atoms with Gasteiger partial charge in [-0.3, -0.25) is 15.2 Å². The van der Waals surface area contributed by atoms with E-state index in [9.17, 15) is 10.1 Å². The highest BCUT2D eigenvalue weighted by Crippen LogP contribution is 2.19. The maximum absolute atomic E-state index is 10.6. The first-order chi connectivity index (χ1) is 9.06. The molecule has 0 unspecified atom stereocenters. The van der Waals surface area contributed by atoms with Crippen LogP contribution in [0.25, 0.3) is 0 Å². The van der Waals surface area contributed by atoms with Crippen LogP contribution in [-0.2, 0) is 6.61 Å². The molecule has 100 valence electrons. The molecule has 1 heterocycles. The van der Waals surface area contributed by atoms with Crippen molar-refractivity contribution in [3.8, 4) is 5.75 Å². The van der Waals surface area contributed by atoms with Crippen molar-refractivity contribution in [3.63, 3.8) is 0 Å². The number of nitrogens with zero attached hydrogens (tertiary/aromatic N) is 3. The first kappa shape index (κ1) is 13.0. The highest BCUT2D eigenvalue weighted by molar-refractivity contribution is 5.37. The van der Waals surface area contributed by atoms with Gasteiger partial charge in [-0.05, 0) is 6.07 Å². The zero-order valence-electron chi connectivity index (χ0n) is 10.7. The van der Waals surface area contributed by atoms with Gasteiger partial charge in [0, 0.05) is 12.0 Å². The van der Waals surface area contributed by atoms with E-state index in [-0.39, 0.29) is 18.2 Å². The van der Waals surface area contributed by atoms with Crippen LogP contribution in [0.4, 0.5) is 5.69 Å². The molecule has 2 aromatic rings. The van der Waals surface area contributed by atoms with Gasteiger partial charge in [0.25, 0.3) is 5.69 Å². The lowest BCUT2D eigenvalue weighted by Crippen LogP contribution is -1.98. The van der Waals surface area contributed by atoms with Crippen molar-refractivity contribution < 1.29 is 9.66 Å². The Labute approximate surface area is 109 Å². The van der Waals surface area contributed by atoms with Gasteiger partial charge in [0.1, 0.15) is 12.4 Å². The van der Waals surface area contributed by atoms with Crippen LogP contribution in [-0.4, -0.2) is 20.1 Å². The minimum Gasteiger partial charge on any atom is -0.485 e. The first-order valence-corrected chi connectivity index (χ1v) is 5.84. The van der Waals surface area contributed by atoms with Crippen molar-refractivity contribution in [1.29, 1.82) is 0 Å². The molecule has 0 atom stereocenters. The fraction of sp³-hybridized carbons (Fsp3) is 0.333. The second kappa shape index (κ2) is 5.47.